The molecule has 0 spiro atoms. The van der Waals surface area contributed by atoms with Gasteiger partial charge in [0.1, 0.15) is 5.82 Å². The van der Waals surface area contributed by atoms with Crippen LogP contribution in [0.1, 0.15) is 49.9 Å². The second-order valence-corrected chi connectivity index (χ2v) is 9.63. The number of aromatic nitrogens is 3. The molecule has 4 atom stereocenters. The number of nitrogen functional groups attached to an aromatic ring is 1. The average molecular weight is 435 g/mol. The van der Waals surface area contributed by atoms with Gasteiger partial charge in [0.25, 0.3) is 0 Å². The van der Waals surface area contributed by atoms with Gasteiger partial charge in [0.2, 0.25) is 0 Å². The summed E-state index contributed by atoms with van der Waals surface area (Å²) in [4.78, 5) is 6.25. The van der Waals surface area contributed by atoms with Crippen LogP contribution >= 0.6 is 0 Å². The summed E-state index contributed by atoms with van der Waals surface area (Å²) in [7, 11) is 0. The number of fused-ring (bicyclic) bond motifs is 1. The third-order valence-electron chi connectivity index (χ3n) is 7.30. The minimum atomic E-state index is -4.55. The van der Waals surface area contributed by atoms with E-state index < -0.39 is 17.6 Å². The number of aliphatic hydroxyl groups is 1. The standard InChI is InChI=1S/C22H28F3N5O/c1-11(2)30-19(20-15-4-14(5-16(15)20)29-8-12(9-29)10-31)6-18(28-30)13-3-17(22(23,24)25)21(26)27-7-13/h3,6-7,11-12,14-16,20,31H,4-5,8-10H2,1-2H3,(H2,26,27)/t14?,15-,16+,20?. The van der Waals surface area contributed by atoms with E-state index in [9.17, 15) is 18.3 Å². The molecule has 0 aromatic carbocycles. The maximum atomic E-state index is 13.3. The molecule has 0 radical (unpaired) electrons. The van der Waals surface area contributed by atoms with Crippen LogP contribution in [0.5, 0.6) is 0 Å². The molecule has 2 aliphatic carbocycles. The van der Waals surface area contributed by atoms with Gasteiger partial charge in [-0.2, -0.15) is 18.3 Å². The highest BCUT2D eigenvalue weighted by Gasteiger charge is 2.59. The Morgan fingerprint density at radius 3 is 2.45 bits per heavy atom. The van der Waals surface area contributed by atoms with Gasteiger partial charge >= 0.3 is 6.18 Å². The van der Waals surface area contributed by atoms with Gasteiger partial charge in [-0.1, -0.05) is 0 Å². The Kier molecular flexibility index (Phi) is 4.82. The van der Waals surface area contributed by atoms with Gasteiger partial charge in [-0.15, -0.1) is 0 Å². The van der Waals surface area contributed by atoms with Crippen molar-refractivity contribution in [2.75, 3.05) is 25.4 Å². The molecule has 1 aliphatic heterocycles. The first kappa shape index (κ1) is 20.8. The third-order valence-corrected chi connectivity index (χ3v) is 7.30. The quantitative estimate of drug-likeness (QED) is 0.751. The normalized spacial score (nSPS) is 28.7. The number of hydrogen-bond acceptors (Lipinski definition) is 5. The van der Waals surface area contributed by atoms with Crippen molar-refractivity contribution in [1.82, 2.24) is 19.7 Å². The molecule has 6 nitrogen and oxygen atoms in total. The number of hydrogen-bond donors (Lipinski definition) is 2. The lowest BCUT2D eigenvalue weighted by Crippen LogP contribution is -2.52. The second kappa shape index (κ2) is 7.20. The monoisotopic (exact) mass is 435 g/mol. The minimum Gasteiger partial charge on any atom is -0.396 e. The first-order valence-corrected chi connectivity index (χ1v) is 10.9. The first-order valence-electron chi connectivity index (χ1n) is 10.9. The predicted octanol–water partition coefficient (Wildman–Crippen LogP) is 3.54. The van der Waals surface area contributed by atoms with E-state index in [2.05, 4.69) is 15.0 Å². The van der Waals surface area contributed by atoms with Crippen LogP contribution in [0.3, 0.4) is 0 Å². The fourth-order valence-corrected chi connectivity index (χ4v) is 5.63. The molecule has 9 heteroatoms. The van der Waals surface area contributed by atoms with Crippen molar-refractivity contribution in [2.24, 2.45) is 17.8 Å². The molecule has 2 saturated carbocycles. The molecule has 3 N–H and O–H groups in total. The SMILES string of the molecule is CC(C)n1nc(-c2cnc(N)c(C(F)(F)F)c2)cc1C1[C@H]2CC(N3CC(CO)C3)C[C@@H]12. The highest BCUT2D eigenvalue weighted by Crippen LogP contribution is 2.64. The number of likely N-dealkylation sites (tertiary alicyclic amines) is 1. The van der Waals surface area contributed by atoms with Crippen LogP contribution in [-0.2, 0) is 6.18 Å². The lowest BCUT2D eigenvalue weighted by molar-refractivity contribution is -0.137. The van der Waals surface area contributed by atoms with E-state index in [1.54, 1.807) is 0 Å². The fourth-order valence-electron chi connectivity index (χ4n) is 5.63. The van der Waals surface area contributed by atoms with E-state index in [1.807, 2.05) is 24.6 Å². The molecule has 168 valence electrons. The van der Waals surface area contributed by atoms with Crippen molar-refractivity contribution in [3.63, 3.8) is 0 Å². The van der Waals surface area contributed by atoms with Gasteiger partial charge in [-0.05, 0) is 50.7 Å². The summed E-state index contributed by atoms with van der Waals surface area (Å²) in [6, 6.07) is 3.70. The molecule has 0 bridgehead atoms. The van der Waals surface area contributed by atoms with Crippen molar-refractivity contribution >= 4 is 5.82 Å². The number of halogens is 3. The largest absolute Gasteiger partial charge is 0.419 e. The van der Waals surface area contributed by atoms with Crippen LogP contribution in [0.2, 0.25) is 0 Å². The minimum absolute atomic E-state index is 0.116. The van der Waals surface area contributed by atoms with E-state index in [1.165, 1.54) is 6.20 Å². The molecule has 3 fully saturated rings. The van der Waals surface area contributed by atoms with Gasteiger partial charge < -0.3 is 10.8 Å². The van der Waals surface area contributed by atoms with Crippen molar-refractivity contribution in [2.45, 2.75) is 50.9 Å². The molecule has 2 aromatic heterocycles. The number of nitrogens with two attached hydrogens (primary N) is 1. The number of alkyl halides is 3. The summed E-state index contributed by atoms with van der Waals surface area (Å²) < 4.78 is 41.8. The maximum Gasteiger partial charge on any atom is 0.419 e. The number of rotatable bonds is 5. The molecular formula is C22H28F3N5O. The van der Waals surface area contributed by atoms with Gasteiger partial charge in [0.05, 0.1) is 11.3 Å². The highest BCUT2D eigenvalue weighted by atomic mass is 19.4. The lowest BCUT2D eigenvalue weighted by Gasteiger charge is -2.43. The van der Waals surface area contributed by atoms with E-state index in [0.29, 0.717) is 41.0 Å². The Labute approximate surface area is 179 Å². The van der Waals surface area contributed by atoms with E-state index >= 15 is 0 Å². The summed E-state index contributed by atoms with van der Waals surface area (Å²) in [5.74, 6) is 1.54. The lowest BCUT2D eigenvalue weighted by atomic mass is 9.94. The molecule has 1 saturated heterocycles. The van der Waals surface area contributed by atoms with Crippen molar-refractivity contribution in [1.29, 1.82) is 0 Å². The molecule has 3 heterocycles. The van der Waals surface area contributed by atoms with Gasteiger partial charge in [0.15, 0.2) is 0 Å². The topological polar surface area (TPSA) is 80.2 Å². The molecule has 2 aromatic rings. The number of nitrogens with zero attached hydrogens (tertiary/aromatic N) is 4. The molecule has 5 rings (SSSR count). The van der Waals surface area contributed by atoms with Crippen LogP contribution < -0.4 is 5.73 Å². The summed E-state index contributed by atoms with van der Waals surface area (Å²) in [6.07, 6.45) is -0.890. The fraction of sp³-hybridized carbons (Fsp3) is 0.636. The van der Waals surface area contributed by atoms with Crippen LogP contribution in [0, 0.1) is 17.8 Å². The Bertz CT molecular complexity index is 970. The number of aliphatic hydroxyl groups excluding tert-OH is 1. The van der Waals surface area contributed by atoms with Crippen LogP contribution in [0.15, 0.2) is 18.3 Å². The summed E-state index contributed by atoms with van der Waals surface area (Å²) >= 11 is 0. The number of anilines is 1. The summed E-state index contributed by atoms with van der Waals surface area (Å²) in [5.41, 5.74) is 6.49. The smallest absolute Gasteiger partial charge is 0.396 e. The molecule has 3 aliphatic rings. The number of pyridine rings is 1. The molecule has 0 amide bonds. The molecule has 2 unspecified atom stereocenters. The molecule has 31 heavy (non-hydrogen) atoms. The van der Waals surface area contributed by atoms with Crippen molar-refractivity contribution in [3.05, 3.63) is 29.6 Å². The average Bonchev–Trinajstić information content (AvgIpc) is 3.03. The van der Waals surface area contributed by atoms with E-state index in [0.717, 1.165) is 37.7 Å². The zero-order chi connectivity index (χ0) is 22.1. The predicted molar refractivity (Wildman–Crippen MR) is 110 cm³/mol. The van der Waals surface area contributed by atoms with E-state index in [-0.39, 0.29) is 12.6 Å². The van der Waals surface area contributed by atoms with Crippen molar-refractivity contribution in [3.8, 4) is 11.3 Å². The van der Waals surface area contributed by atoms with Crippen LogP contribution in [-0.4, -0.2) is 50.5 Å². The first-order chi connectivity index (χ1) is 14.7. The van der Waals surface area contributed by atoms with Crippen LogP contribution in [0.25, 0.3) is 11.3 Å². The van der Waals surface area contributed by atoms with Crippen LogP contribution in [0.4, 0.5) is 19.0 Å². The Morgan fingerprint density at radius 1 is 1.19 bits per heavy atom. The Morgan fingerprint density at radius 2 is 1.87 bits per heavy atom. The Hall–Kier alpha value is -2.13. The van der Waals surface area contributed by atoms with Gasteiger partial charge in [-0.25, -0.2) is 4.98 Å². The van der Waals surface area contributed by atoms with Gasteiger partial charge in [0, 0.05) is 61.1 Å². The Balaban J connectivity index is 1.37. The molecular weight excluding hydrogens is 407 g/mol. The third kappa shape index (κ3) is 3.51. The zero-order valence-corrected chi connectivity index (χ0v) is 17.7. The second-order valence-electron chi connectivity index (χ2n) is 9.63. The van der Waals surface area contributed by atoms with Crippen molar-refractivity contribution < 1.29 is 18.3 Å². The van der Waals surface area contributed by atoms with Gasteiger partial charge in [-0.3, -0.25) is 9.58 Å². The zero-order valence-electron chi connectivity index (χ0n) is 17.7. The highest BCUT2D eigenvalue weighted by molar-refractivity contribution is 5.63. The van der Waals surface area contributed by atoms with E-state index in [4.69, 9.17) is 5.73 Å². The summed E-state index contributed by atoms with van der Waals surface area (Å²) in [6.45, 7) is 6.33. The maximum absolute atomic E-state index is 13.3. The summed E-state index contributed by atoms with van der Waals surface area (Å²) in [5, 5.41) is 13.9.